The summed E-state index contributed by atoms with van der Waals surface area (Å²) in [6.45, 7) is 3.58. The summed E-state index contributed by atoms with van der Waals surface area (Å²) in [5.74, 6) is -0.516. The van der Waals surface area contributed by atoms with Gasteiger partial charge in [-0.2, -0.15) is 0 Å². The summed E-state index contributed by atoms with van der Waals surface area (Å²) in [6.07, 6.45) is -0.906. The minimum atomic E-state index is -0.906. The van der Waals surface area contributed by atoms with E-state index in [0.29, 0.717) is 5.56 Å². The Kier molecular flexibility index (Phi) is 3.48. The lowest BCUT2D eigenvalue weighted by Gasteiger charge is -2.16. The summed E-state index contributed by atoms with van der Waals surface area (Å²) in [5.41, 5.74) is 7.25. The fourth-order valence-corrected chi connectivity index (χ4v) is 1.70. The lowest BCUT2D eigenvalue weighted by molar-refractivity contribution is 0.185. The van der Waals surface area contributed by atoms with Crippen molar-refractivity contribution in [3.8, 4) is 0 Å². The van der Waals surface area contributed by atoms with Gasteiger partial charge in [-0.3, -0.25) is 0 Å². The number of hydrogen-bond donors (Lipinski definition) is 2. The molecular formula is C10H13ClFNO. The van der Waals surface area contributed by atoms with E-state index >= 15 is 0 Å². The number of nitrogens with two attached hydrogens (primary N) is 1. The highest BCUT2D eigenvalue weighted by Crippen LogP contribution is 2.30. The number of aliphatic hydroxyl groups is 1. The molecule has 0 fully saturated rings. The summed E-state index contributed by atoms with van der Waals surface area (Å²) in [6, 6.07) is 1.35. The van der Waals surface area contributed by atoms with Gasteiger partial charge in [0, 0.05) is 12.1 Å². The van der Waals surface area contributed by atoms with Gasteiger partial charge in [0.2, 0.25) is 0 Å². The van der Waals surface area contributed by atoms with Crippen molar-refractivity contribution in [1.29, 1.82) is 0 Å². The largest absolute Gasteiger partial charge is 0.387 e. The quantitative estimate of drug-likeness (QED) is 0.797. The Morgan fingerprint density at radius 2 is 2.14 bits per heavy atom. The molecule has 0 radical (unpaired) electrons. The molecule has 0 saturated carbocycles. The second-order valence-electron chi connectivity index (χ2n) is 3.28. The third-order valence-electron chi connectivity index (χ3n) is 2.34. The van der Waals surface area contributed by atoms with Crippen LogP contribution in [-0.2, 0) is 0 Å². The zero-order chi connectivity index (χ0) is 10.9. The number of aliphatic hydroxyl groups excluding tert-OH is 1. The number of rotatable bonds is 2. The molecule has 1 aromatic rings. The van der Waals surface area contributed by atoms with E-state index in [0.717, 1.165) is 11.1 Å². The van der Waals surface area contributed by atoms with E-state index in [1.807, 2.05) is 0 Å². The highest BCUT2D eigenvalue weighted by atomic mass is 35.5. The average Bonchev–Trinajstić information content (AvgIpc) is 2.15. The molecule has 0 spiro atoms. The van der Waals surface area contributed by atoms with Gasteiger partial charge in [-0.1, -0.05) is 11.6 Å². The minimum Gasteiger partial charge on any atom is -0.387 e. The van der Waals surface area contributed by atoms with Crippen LogP contribution < -0.4 is 5.73 Å². The first-order chi connectivity index (χ1) is 6.49. The van der Waals surface area contributed by atoms with E-state index in [9.17, 15) is 9.50 Å². The maximum Gasteiger partial charge on any atom is 0.142 e. The van der Waals surface area contributed by atoms with Gasteiger partial charge in [0.05, 0.1) is 11.1 Å². The molecule has 2 nitrogen and oxygen atoms in total. The standard InChI is InChI=1S/C10H13ClFNO/c1-5-3-7(12)10(11)9(6(5)2)8(14)4-13/h3,8,14H,4,13H2,1-2H3. The van der Waals surface area contributed by atoms with Crippen LogP contribution >= 0.6 is 11.6 Å². The van der Waals surface area contributed by atoms with Crippen LogP contribution in [0.2, 0.25) is 5.02 Å². The van der Waals surface area contributed by atoms with Crippen LogP contribution in [0.25, 0.3) is 0 Å². The lowest BCUT2D eigenvalue weighted by Crippen LogP contribution is -2.14. The van der Waals surface area contributed by atoms with E-state index in [1.54, 1.807) is 13.8 Å². The molecule has 1 aromatic carbocycles. The number of hydrogen-bond acceptors (Lipinski definition) is 2. The van der Waals surface area contributed by atoms with Gasteiger partial charge in [0.15, 0.2) is 0 Å². The van der Waals surface area contributed by atoms with Gasteiger partial charge in [0.25, 0.3) is 0 Å². The summed E-state index contributed by atoms with van der Waals surface area (Å²) in [7, 11) is 0. The van der Waals surface area contributed by atoms with Crippen LogP contribution in [0.3, 0.4) is 0 Å². The Labute approximate surface area is 87.5 Å². The molecule has 0 bridgehead atoms. The first-order valence-electron chi connectivity index (χ1n) is 4.32. The first-order valence-corrected chi connectivity index (χ1v) is 4.70. The van der Waals surface area contributed by atoms with Crippen molar-refractivity contribution >= 4 is 11.6 Å². The zero-order valence-corrected chi connectivity index (χ0v) is 8.90. The molecule has 0 aliphatic heterocycles. The topological polar surface area (TPSA) is 46.2 Å². The van der Waals surface area contributed by atoms with Crippen molar-refractivity contribution in [2.75, 3.05) is 6.54 Å². The predicted molar refractivity (Wildman–Crippen MR) is 54.9 cm³/mol. The Hall–Kier alpha value is -0.640. The van der Waals surface area contributed by atoms with Crippen molar-refractivity contribution in [3.05, 3.63) is 33.6 Å². The van der Waals surface area contributed by atoms with E-state index in [-0.39, 0.29) is 11.6 Å². The third-order valence-corrected chi connectivity index (χ3v) is 2.73. The molecule has 1 atom stereocenters. The van der Waals surface area contributed by atoms with Crippen LogP contribution in [0.4, 0.5) is 4.39 Å². The van der Waals surface area contributed by atoms with Gasteiger partial charge in [-0.25, -0.2) is 4.39 Å². The van der Waals surface area contributed by atoms with Crippen molar-refractivity contribution in [3.63, 3.8) is 0 Å². The molecule has 0 amide bonds. The van der Waals surface area contributed by atoms with Crippen LogP contribution in [0.15, 0.2) is 6.07 Å². The Morgan fingerprint density at radius 1 is 1.57 bits per heavy atom. The van der Waals surface area contributed by atoms with E-state index < -0.39 is 11.9 Å². The van der Waals surface area contributed by atoms with E-state index in [2.05, 4.69) is 0 Å². The Bertz CT molecular complexity index is 328. The SMILES string of the molecule is Cc1cc(F)c(Cl)c(C(O)CN)c1C. The van der Waals surface area contributed by atoms with Gasteiger partial charge >= 0.3 is 0 Å². The maximum atomic E-state index is 13.2. The highest BCUT2D eigenvalue weighted by Gasteiger charge is 2.17. The van der Waals surface area contributed by atoms with Crippen LogP contribution in [-0.4, -0.2) is 11.7 Å². The molecule has 0 aromatic heterocycles. The van der Waals surface area contributed by atoms with Crippen LogP contribution in [0, 0.1) is 19.7 Å². The highest BCUT2D eigenvalue weighted by molar-refractivity contribution is 6.31. The summed E-state index contributed by atoms with van der Waals surface area (Å²) >= 11 is 5.75. The smallest absolute Gasteiger partial charge is 0.142 e. The van der Waals surface area contributed by atoms with Crippen molar-refractivity contribution in [2.24, 2.45) is 5.73 Å². The second-order valence-corrected chi connectivity index (χ2v) is 3.66. The molecule has 78 valence electrons. The fraction of sp³-hybridized carbons (Fsp3) is 0.400. The normalized spacial score (nSPS) is 13.0. The van der Waals surface area contributed by atoms with Crippen LogP contribution in [0.5, 0.6) is 0 Å². The summed E-state index contributed by atoms with van der Waals surface area (Å²) in [5, 5.41) is 9.53. The maximum absolute atomic E-state index is 13.2. The molecule has 4 heteroatoms. The third kappa shape index (κ3) is 1.90. The molecule has 0 aliphatic carbocycles. The van der Waals surface area contributed by atoms with Gasteiger partial charge in [-0.05, 0) is 31.0 Å². The monoisotopic (exact) mass is 217 g/mol. The van der Waals surface area contributed by atoms with Gasteiger partial charge in [-0.15, -0.1) is 0 Å². The lowest BCUT2D eigenvalue weighted by atomic mass is 9.98. The molecule has 1 unspecified atom stereocenters. The van der Waals surface area contributed by atoms with E-state index in [4.69, 9.17) is 17.3 Å². The Balaban J connectivity index is 3.39. The number of halogens is 2. The zero-order valence-electron chi connectivity index (χ0n) is 8.14. The molecular weight excluding hydrogens is 205 g/mol. The molecule has 0 saturated heterocycles. The molecule has 3 N–H and O–H groups in total. The molecule has 1 rings (SSSR count). The Morgan fingerprint density at radius 3 is 2.64 bits per heavy atom. The predicted octanol–water partition coefficient (Wildman–Crippen LogP) is 2.09. The number of aryl methyl sites for hydroxylation is 1. The molecule has 14 heavy (non-hydrogen) atoms. The second kappa shape index (κ2) is 4.26. The van der Waals surface area contributed by atoms with Crippen LogP contribution in [0.1, 0.15) is 22.8 Å². The van der Waals surface area contributed by atoms with Gasteiger partial charge in [0.1, 0.15) is 5.82 Å². The first kappa shape index (κ1) is 11.4. The summed E-state index contributed by atoms with van der Waals surface area (Å²) < 4.78 is 13.2. The van der Waals surface area contributed by atoms with Crippen molar-refractivity contribution in [1.82, 2.24) is 0 Å². The van der Waals surface area contributed by atoms with Crippen molar-refractivity contribution < 1.29 is 9.50 Å². The molecule has 0 aliphatic rings. The van der Waals surface area contributed by atoms with E-state index in [1.165, 1.54) is 6.07 Å². The average molecular weight is 218 g/mol. The minimum absolute atomic E-state index is 0.0312. The van der Waals surface area contributed by atoms with Gasteiger partial charge < -0.3 is 10.8 Å². The fourth-order valence-electron chi connectivity index (χ4n) is 1.38. The summed E-state index contributed by atoms with van der Waals surface area (Å²) in [4.78, 5) is 0. The molecule has 0 heterocycles. The number of benzene rings is 1. The van der Waals surface area contributed by atoms with Crippen molar-refractivity contribution in [2.45, 2.75) is 20.0 Å².